The third kappa shape index (κ3) is 3.52. The number of hydrogen-bond acceptors (Lipinski definition) is 7. The first-order valence-electron chi connectivity index (χ1n) is 7.75. The minimum absolute atomic E-state index is 0.0247. The molecule has 1 aliphatic rings. The van der Waals surface area contributed by atoms with E-state index in [1.165, 1.54) is 11.0 Å². The van der Waals surface area contributed by atoms with Crippen LogP contribution in [0, 0.1) is 11.3 Å². The van der Waals surface area contributed by atoms with E-state index in [4.69, 9.17) is 5.26 Å². The molecule has 1 aliphatic heterocycles. The van der Waals surface area contributed by atoms with Crippen LogP contribution in [-0.2, 0) is 16.0 Å². The van der Waals surface area contributed by atoms with E-state index in [0.29, 0.717) is 0 Å². The highest BCUT2D eigenvalue weighted by molar-refractivity contribution is 7.92. The Morgan fingerprint density at radius 3 is 2.67 bits per heavy atom. The number of aromatic nitrogens is 2. The van der Waals surface area contributed by atoms with Gasteiger partial charge in [-0.05, 0) is 18.6 Å². The van der Waals surface area contributed by atoms with Crippen LogP contribution < -0.4 is 4.90 Å². The van der Waals surface area contributed by atoms with Crippen molar-refractivity contribution in [1.82, 2.24) is 9.97 Å². The summed E-state index contributed by atoms with van der Waals surface area (Å²) >= 11 is 0. The molecule has 1 fully saturated rings. The molecule has 0 radical (unpaired) electrons. The Morgan fingerprint density at radius 2 is 2.00 bits per heavy atom. The SMILES string of the molecule is N#Cc1ncc(O)c(N2CCC(S(=O)(=O)c3ccccc3C(F)(F)F)C2)n1. The zero-order chi connectivity index (χ0) is 19.8. The van der Waals surface area contributed by atoms with Crippen LogP contribution >= 0.6 is 0 Å². The van der Waals surface area contributed by atoms with E-state index < -0.39 is 31.7 Å². The Labute approximate surface area is 152 Å². The standard InChI is InChI=1S/C16H13F3N4O3S/c17-16(18,19)11-3-1-2-4-13(11)27(25,26)10-5-6-23(9-10)15-12(24)8-21-14(7-20)22-15/h1-4,8,10,24H,5-6,9H2. The third-order valence-electron chi connectivity index (χ3n) is 4.23. The lowest BCUT2D eigenvalue weighted by Crippen LogP contribution is -2.29. The Morgan fingerprint density at radius 1 is 1.30 bits per heavy atom. The van der Waals surface area contributed by atoms with Gasteiger partial charge in [0.2, 0.25) is 5.82 Å². The topological polar surface area (TPSA) is 107 Å². The van der Waals surface area contributed by atoms with Crippen LogP contribution in [0.15, 0.2) is 35.4 Å². The van der Waals surface area contributed by atoms with Crippen LogP contribution in [0.25, 0.3) is 0 Å². The van der Waals surface area contributed by atoms with Crippen LogP contribution in [0.1, 0.15) is 17.8 Å². The molecule has 27 heavy (non-hydrogen) atoms. The van der Waals surface area contributed by atoms with Crippen molar-refractivity contribution in [2.24, 2.45) is 0 Å². The second-order valence-corrected chi connectivity index (χ2v) is 8.11. The van der Waals surface area contributed by atoms with Gasteiger partial charge < -0.3 is 10.0 Å². The van der Waals surface area contributed by atoms with E-state index in [9.17, 15) is 26.7 Å². The minimum atomic E-state index is -4.80. The summed E-state index contributed by atoms with van der Waals surface area (Å²) in [4.78, 5) is 8.08. The fourth-order valence-electron chi connectivity index (χ4n) is 2.96. The van der Waals surface area contributed by atoms with Crippen LogP contribution in [-0.4, -0.2) is 41.8 Å². The van der Waals surface area contributed by atoms with Gasteiger partial charge in [0.1, 0.15) is 6.07 Å². The molecule has 1 atom stereocenters. The van der Waals surface area contributed by atoms with Gasteiger partial charge in [-0.25, -0.2) is 13.4 Å². The molecule has 0 bridgehead atoms. The molecule has 2 aromatic rings. The summed E-state index contributed by atoms with van der Waals surface area (Å²) < 4.78 is 65.2. The molecule has 1 aromatic carbocycles. The monoisotopic (exact) mass is 398 g/mol. The number of nitriles is 1. The van der Waals surface area contributed by atoms with Crippen LogP contribution in [0.2, 0.25) is 0 Å². The molecule has 0 aliphatic carbocycles. The highest BCUT2D eigenvalue weighted by Gasteiger charge is 2.42. The largest absolute Gasteiger partial charge is 0.503 e. The summed E-state index contributed by atoms with van der Waals surface area (Å²) in [5.74, 6) is -0.581. The predicted molar refractivity (Wildman–Crippen MR) is 87.7 cm³/mol. The summed E-state index contributed by atoms with van der Waals surface area (Å²) in [5.41, 5.74) is -1.21. The van der Waals surface area contributed by atoms with Gasteiger partial charge in [0.25, 0.3) is 0 Å². The highest BCUT2D eigenvalue weighted by Crippen LogP contribution is 2.37. The molecule has 1 saturated heterocycles. The molecule has 0 saturated carbocycles. The van der Waals surface area contributed by atoms with Gasteiger partial charge in [0.15, 0.2) is 21.4 Å². The third-order valence-corrected chi connectivity index (χ3v) is 6.46. The first kappa shape index (κ1) is 18.9. The molecule has 2 heterocycles. The average molecular weight is 398 g/mol. The smallest absolute Gasteiger partial charge is 0.417 e. The Balaban J connectivity index is 1.93. The lowest BCUT2D eigenvalue weighted by molar-refractivity contribution is -0.139. The van der Waals surface area contributed by atoms with E-state index in [1.807, 2.05) is 0 Å². The predicted octanol–water partition coefficient (Wildman–Crippen LogP) is 2.13. The van der Waals surface area contributed by atoms with Gasteiger partial charge in [0.05, 0.1) is 21.9 Å². The minimum Gasteiger partial charge on any atom is -0.503 e. The zero-order valence-electron chi connectivity index (χ0n) is 13.7. The summed E-state index contributed by atoms with van der Waals surface area (Å²) in [5, 5.41) is 17.6. The number of alkyl halides is 3. The van der Waals surface area contributed by atoms with Crippen molar-refractivity contribution < 1.29 is 26.7 Å². The summed E-state index contributed by atoms with van der Waals surface area (Å²) in [6, 6.07) is 5.75. The van der Waals surface area contributed by atoms with Crippen molar-refractivity contribution in [2.45, 2.75) is 22.7 Å². The van der Waals surface area contributed by atoms with Gasteiger partial charge >= 0.3 is 6.18 Å². The van der Waals surface area contributed by atoms with Crippen molar-refractivity contribution >= 4 is 15.7 Å². The second-order valence-electron chi connectivity index (χ2n) is 5.91. The van der Waals surface area contributed by atoms with Crippen LogP contribution in [0.4, 0.5) is 19.0 Å². The van der Waals surface area contributed by atoms with Gasteiger partial charge in [-0.1, -0.05) is 12.1 Å². The fourth-order valence-corrected chi connectivity index (χ4v) is 4.86. The van der Waals surface area contributed by atoms with Gasteiger partial charge in [0, 0.05) is 13.1 Å². The maximum Gasteiger partial charge on any atom is 0.417 e. The molecule has 0 spiro atoms. The lowest BCUT2D eigenvalue weighted by atomic mass is 10.2. The molecule has 0 amide bonds. The molecular weight excluding hydrogens is 385 g/mol. The number of anilines is 1. The molecule has 1 unspecified atom stereocenters. The van der Waals surface area contributed by atoms with Gasteiger partial charge in [-0.2, -0.15) is 23.4 Å². The van der Waals surface area contributed by atoms with E-state index in [0.717, 1.165) is 24.4 Å². The number of aromatic hydroxyl groups is 1. The fraction of sp³-hybridized carbons (Fsp3) is 0.312. The molecule has 3 rings (SSSR count). The Bertz CT molecular complexity index is 1020. The van der Waals surface area contributed by atoms with E-state index in [-0.39, 0.29) is 36.9 Å². The van der Waals surface area contributed by atoms with Crippen LogP contribution in [0.3, 0.4) is 0 Å². The molecule has 1 N–H and O–H groups in total. The van der Waals surface area contributed by atoms with Crippen molar-refractivity contribution in [3.8, 4) is 11.8 Å². The zero-order valence-corrected chi connectivity index (χ0v) is 14.5. The van der Waals surface area contributed by atoms with Gasteiger partial charge in [-0.15, -0.1) is 0 Å². The molecular formula is C16H13F3N4O3S. The quantitative estimate of drug-likeness (QED) is 0.844. The van der Waals surface area contributed by atoms with Crippen LogP contribution in [0.5, 0.6) is 5.75 Å². The number of sulfone groups is 1. The number of halogens is 3. The molecule has 1 aromatic heterocycles. The number of benzene rings is 1. The maximum atomic E-state index is 13.2. The number of hydrogen-bond donors (Lipinski definition) is 1. The van der Waals surface area contributed by atoms with Crippen molar-refractivity contribution in [2.75, 3.05) is 18.0 Å². The summed E-state index contributed by atoms with van der Waals surface area (Å²) in [6.45, 7) is -0.0164. The lowest BCUT2D eigenvalue weighted by Gasteiger charge is -2.19. The molecule has 142 valence electrons. The normalized spacial score (nSPS) is 17.7. The molecule has 7 nitrogen and oxygen atoms in total. The Hall–Kier alpha value is -2.87. The first-order chi connectivity index (χ1) is 12.6. The average Bonchev–Trinajstić information content (AvgIpc) is 3.12. The first-order valence-corrected chi connectivity index (χ1v) is 9.30. The van der Waals surface area contributed by atoms with Crippen molar-refractivity contribution in [1.29, 1.82) is 5.26 Å². The summed E-state index contributed by atoms with van der Waals surface area (Å²) in [6.07, 6.45) is -3.73. The van der Waals surface area contributed by atoms with E-state index in [2.05, 4.69) is 9.97 Å². The number of nitrogens with zero attached hydrogens (tertiary/aromatic N) is 4. The van der Waals surface area contributed by atoms with Crippen molar-refractivity contribution in [3.63, 3.8) is 0 Å². The maximum absolute atomic E-state index is 13.2. The molecule has 11 heteroatoms. The summed E-state index contributed by atoms with van der Waals surface area (Å²) in [7, 11) is -4.27. The van der Waals surface area contributed by atoms with Crippen molar-refractivity contribution in [3.05, 3.63) is 41.9 Å². The Kier molecular flexibility index (Phi) is 4.69. The van der Waals surface area contributed by atoms with E-state index in [1.54, 1.807) is 6.07 Å². The van der Waals surface area contributed by atoms with Gasteiger partial charge in [-0.3, -0.25) is 0 Å². The second kappa shape index (κ2) is 6.70. The number of rotatable bonds is 3. The van der Waals surface area contributed by atoms with E-state index >= 15 is 0 Å². The highest BCUT2D eigenvalue weighted by atomic mass is 32.2.